The molecule has 0 saturated carbocycles. The first-order chi connectivity index (χ1) is 10.5. The molecule has 1 N–H and O–H groups in total. The monoisotopic (exact) mass is 306 g/mol. The minimum atomic E-state index is -0.121. The Bertz CT molecular complexity index is 502. The second-order valence-electron chi connectivity index (χ2n) is 5.38. The summed E-state index contributed by atoms with van der Waals surface area (Å²) in [7, 11) is 1.63. The smallest absolute Gasteiger partial charge is 0.239 e. The van der Waals surface area contributed by atoms with Crippen LogP contribution < -0.4 is 10.1 Å². The SMILES string of the molecule is CCC(C)NC(=O)CN(CCc1ccccc1OC)C(C)=O. The molecule has 2 amide bonds. The zero-order valence-corrected chi connectivity index (χ0v) is 13.9. The third kappa shape index (κ3) is 5.76. The highest BCUT2D eigenvalue weighted by atomic mass is 16.5. The van der Waals surface area contributed by atoms with Crippen LogP contribution in [-0.4, -0.2) is 43.0 Å². The van der Waals surface area contributed by atoms with E-state index >= 15 is 0 Å². The van der Waals surface area contributed by atoms with Crippen LogP contribution in [0.1, 0.15) is 32.8 Å². The van der Waals surface area contributed by atoms with Gasteiger partial charge in [-0.25, -0.2) is 0 Å². The van der Waals surface area contributed by atoms with Crippen molar-refractivity contribution in [3.8, 4) is 5.75 Å². The second kappa shape index (κ2) is 9.07. The van der Waals surface area contributed by atoms with Crippen LogP contribution in [-0.2, 0) is 16.0 Å². The number of ether oxygens (including phenoxy) is 1. The number of hydrogen-bond acceptors (Lipinski definition) is 3. The summed E-state index contributed by atoms with van der Waals surface area (Å²) >= 11 is 0. The molecule has 0 saturated heterocycles. The highest BCUT2D eigenvalue weighted by Gasteiger charge is 2.15. The molecule has 1 atom stereocenters. The van der Waals surface area contributed by atoms with Gasteiger partial charge < -0.3 is 15.0 Å². The lowest BCUT2D eigenvalue weighted by molar-refractivity contribution is -0.134. The minimum absolute atomic E-state index is 0.0921. The molecule has 0 aliphatic rings. The molecule has 1 rings (SSSR count). The molecule has 1 aromatic carbocycles. The molecule has 0 bridgehead atoms. The molecule has 0 heterocycles. The van der Waals surface area contributed by atoms with Crippen molar-refractivity contribution in [2.45, 2.75) is 39.7 Å². The molecule has 0 aromatic heterocycles. The van der Waals surface area contributed by atoms with Gasteiger partial charge in [-0.15, -0.1) is 0 Å². The fourth-order valence-electron chi connectivity index (χ4n) is 2.11. The van der Waals surface area contributed by atoms with Gasteiger partial charge in [-0.2, -0.15) is 0 Å². The predicted octanol–water partition coefficient (Wildman–Crippen LogP) is 2.00. The average molecular weight is 306 g/mol. The van der Waals surface area contributed by atoms with E-state index in [9.17, 15) is 9.59 Å². The topological polar surface area (TPSA) is 58.6 Å². The number of benzene rings is 1. The Kier molecular flexibility index (Phi) is 7.43. The van der Waals surface area contributed by atoms with Crippen molar-refractivity contribution >= 4 is 11.8 Å². The van der Waals surface area contributed by atoms with E-state index in [0.717, 1.165) is 17.7 Å². The van der Waals surface area contributed by atoms with E-state index in [-0.39, 0.29) is 24.4 Å². The number of nitrogens with one attached hydrogen (secondary N) is 1. The lowest BCUT2D eigenvalue weighted by Gasteiger charge is -2.22. The van der Waals surface area contributed by atoms with Gasteiger partial charge in [0.2, 0.25) is 11.8 Å². The Morgan fingerprint density at radius 3 is 2.59 bits per heavy atom. The van der Waals surface area contributed by atoms with E-state index in [0.29, 0.717) is 13.0 Å². The van der Waals surface area contributed by atoms with E-state index in [4.69, 9.17) is 4.74 Å². The van der Waals surface area contributed by atoms with E-state index in [1.54, 1.807) is 12.0 Å². The highest BCUT2D eigenvalue weighted by molar-refractivity contribution is 5.83. The van der Waals surface area contributed by atoms with E-state index in [2.05, 4.69) is 5.32 Å². The van der Waals surface area contributed by atoms with Gasteiger partial charge >= 0.3 is 0 Å². The molecule has 0 aliphatic carbocycles. The normalized spacial score (nSPS) is 11.6. The van der Waals surface area contributed by atoms with Crippen LogP contribution in [0.25, 0.3) is 0 Å². The molecule has 0 fully saturated rings. The summed E-state index contributed by atoms with van der Waals surface area (Å²) in [6.45, 7) is 6.03. The van der Waals surface area contributed by atoms with Gasteiger partial charge in [-0.1, -0.05) is 25.1 Å². The van der Waals surface area contributed by atoms with E-state index in [1.807, 2.05) is 38.1 Å². The summed E-state index contributed by atoms with van der Waals surface area (Å²) < 4.78 is 5.30. The lowest BCUT2D eigenvalue weighted by Crippen LogP contribution is -2.43. The van der Waals surface area contributed by atoms with Gasteiger partial charge in [0.1, 0.15) is 5.75 Å². The number of amides is 2. The van der Waals surface area contributed by atoms with Crippen molar-refractivity contribution in [1.82, 2.24) is 10.2 Å². The van der Waals surface area contributed by atoms with E-state index < -0.39 is 0 Å². The lowest BCUT2D eigenvalue weighted by atomic mass is 10.1. The minimum Gasteiger partial charge on any atom is -0.496 e. The Hall–Kier alpha value is -2.04. The number of nitrogens with zero attached hydrogens (tertiary/aromatic N) is 1. The maximum absolute atomic E-state index is 11.9. The first-order valence-electron chi connectivity index (χ1n) is 7.64. The van der Waals surface area contributed by atoms with Crippen molar-refractivity contribution in [3.05, 3.63) is 29.8 Å². The molecular formula is C17H26N2O3. The zero-order chi connectivity index (χ0) is 16.5. The summed E-state index contributed by atoms with van der Waals surface area (Å²) in [6, 6.07) is 7.82. The first-order valence-corrected chi connectivity index (χ1v) is 7.64. The van der Waals surface area contributed by atoms with Gasteiger partial charge in [0, 0.05) is 19.5 Å². The Labute approximate surface area is 132 Å². The fraction of sp³-hybridized carbons (Fsp3) is 0.529. The number of para-hydroxylation sites is 1. The molecule has 122 valence electrons. The molecule has 22 heavy (non-hydrogen) atoms. The predicted molar refractivity (Wildman–Crippen MR) is 86.8 cm³/mol. The quantitative estimate of drug-likeness (QED) is 0.799. The number of carbonyl (C=O) groups excluding carboxylic acids is 2. The Balaban J connectivity index is 2.61. The van der Waals surface area contributed by atoms with E-state index in [1.165, 1.54) is 6.92 Å². The van der Waals surface area contributed by atoms with Gasteiger partial charge in [0.15, 0.2) is 0 Å². The second-order valence-corrected chi connectivity index (χ2v) is 5.38. The summed E-state index contributed by atoms with van der Waals surface area (Å²) in [5.74, 6) is 0.578. The summed E-state index contributed by atoms with van der Waals surface area (Å²) in [6.07, 6.45) is 1.52. The largest absolute Gasteiger partial charge is 0.496 e. The molecule has 0 radical (unpaired) electrons. The molecule has 0 aliphatic heterocycles. The highest BCUT2D eigenvalue weighted by Crippen LogP contribution is 2.18. The summed E-state index contributed by atoms with van der Waals surface area (Å²) in [4.78, 5) is 25.2. The summed E-state index contributed by atoms with van der Waals surface area (Å²) in [5, 5.41) is 2.88. The fourth-order valence-corrected chi connectivity index (χ4v) is 2.11. The van der Waals surface area contributed by atoms with Crippen molar-refractivity contribution in [1.29, 1.82) is 0 Å². The Morgan fingerprint density at radius 2 is 2.00 bits per heavy atom. The molecular weight excluding hydrogens is 280 g/mol. The van der Waals surface area contributed by atoms with Crippen molar-refractivity contribution in [2.24, 2.45) is 0 Å². The maximum Gasteiger partial charge on any atom is 0.239 e. The number of hydrogen-bond donors (Lipinski definition) is 1. The standard InChI is InChI=1S/C17H26N2O3/c1-5-13(2)18-17(21)12-19(14(3)20)11-10-15-8-6-7-9-16(15)22-4/h6-9,13H,5,10-12H2,1-4H3,(H,18,21). The van der Waals surface area contributed by atoms with Crippen molar-refractivity contribution in [3.63, 3.8) is 0 Å². The van der Waals surface area contributed by atoms with Gasteiger partial charge in [0.25, 0.3) is 0 Å². The van der Waals surface area contributed by atoms with Crippen LogP contribution in [0.3, 0.4) is 0 Å². The van der Waals surface area contributed by atoms with Crippen LogP contribution >= 0.6 is 0 Å². The number of methoxy groups -OCH3 is 1. The molecule has 1 unspecified atom stereocenters. The van der Waals surface area contributed by atoms with Crippen LogP contribution in [0, 0.1) is 0 Å². The third-order valence-corrected chi connectivity index (χ3v) is 3.64. The number of carbonyl (C=O) groups is 2. The van der Waals surface area contributed by atoms with Crippen LogP contribution in [0.2, 0.25) is 0 Å². The number of rotatable bonds is 8. The van der Waals surface area contributed by atoms with Crippen LogP contribution in [0.5, 0.6) is 5.75 Å². The molecule has 0 spiro atoms. The van der Waals surface area contributed by atoms with Gasteiger partial charge in [-0.3, -0.25) is 9.59 Å². The first kappa shape index (κ1) is 18.0. The van der Waals surface area contributed by atoms with Crippen LogP contribution in [0.4, 0.5) is 0 Å². The zero-order valence-electron chi connectivity index (χ0n) is 13.9. The van der Waals surface area contributed by atoms with Gasteiger partial charge in [0.05, 0.1) is 13.7 Å². The van der Waals surface area contributed by atoms with Crippen molar-refractivity contribution < 1.29 is 14.3 Å². The van der Waals surface area contributed by atoms with Crippen LogP contribution in [0.15, 0.2) is 24.3 Å². The van der Waals surface area contributed by atoms with Gasteiger partial charge in [-0.05, 0) is 31.4 Å². The molecule has 5 nitrogen and oxygen atoms in total. The Morgan fingerprint density at radius 1 is 1.32 bits per heavy atom. The maximum atomic E-state index is 11.9. The van der Waals surface area contributed by atoms with Crippen molar-refractivity contribution in [2.75, 3.05) is 20.2 Å². The molecule has 5 heteroatoms. The summed E-state index contributed by atoms with van der Waals surface area (Å²) in [5.41, 5.74) is 1.03. The average Bonchev–Trinajstić information content (AvgIpc) is 2.51. The third-order valence-electron chi connectivity index (χ3n) is 3.64. The molecule has 1 aromatic rings.